The van der Waals surface area contributed by atoms with E-state index < -0.39 is 16.5 Å². The molecule has 0 aromatic heterocycles. The summed E-state index contributed by atoms with van der Waals surface area (Å²) in [6.45, 7) is 13.8. The zero-order valence-corrected chi connectivity index (χ0v) is 16.6. The molecule has 0 aliphatic heterocycles. The summed E-state index contributed by atoms with van der Waals surface area (Å²) in [6.07, 6.45) is 0. The van der Waals surface area contributed by atoms with Gasteiger partial charge in [0.2, 0.25) is 0 Å². The van der Waals surface area contributed by atoms with E-state index in [1.807, 2.05) is 0 Å². The summed E-state index contributed by atoms with van der Waals surface area (Å²) in [4.78, 5) is 0. The van der Waals surface area contributed by atoms with Crippen LogP contribution in [0.1, 0.15) is 0 Å². The van der Waals surface area contributed by atoms with Gasteiger partial charge in [0.25, 0.3) is 0 Å². The number of hydrogen-bond donors (Lipinski definition) is 0. The largest absolute Gasteiger partial charge is 1.00 e. The Hall–Kier alpha value is 3.03. The third-order valence-electron chi connectivity index (χ3n) is 0.671. The Labute approximate surface area is 138 Å². The van der Waals surface area contributed by atoms with Crippen LogP contribution in [0.25, 0.3) is 4.65 Å². The molecule has 0 heterocycles. The SMILES string of the molecule is C[Si](C)(C)[N-][Si](C)(C)C.[K].[Na+]. The van der Waals surface area contributed by atoms with Crippen molar-refractivity contribution in [2.24, 2.45) is 0 Å². The molecule has 0 saturated carbocycles. The normalized spacial score (nSPS) is 11.5. The van der Waals surface area contributed by atoms with Crippen molar-refractivity contribution in [3.8, 4) is 0 Å². The van der Waals surface area contributed by atoms with Crippen LogP contribution in [0.15, 0.2) is 0 Å². The molecule has 0 aromatic carbocycles. The van der Waals surface area contributed by atoms with Crippen LogP contribution in [0.3, 0.4) is 0 Å². The van der Waals surface area contributed by atoms with E-state index in [1.54, 1.807) is 0 Å². The molecule has 1 radical (unpaired) electrons. The maximum absolute atomic E-state index is 4.82. The molecule has 0 amide bonds. The third-order valence-corrected chi connectivity index (χ3v) is 6.04. The standard InChI is InChI=1S/C6H18NSi2.K.Na/c1-8(2,3)7-9(4,5)6;;/h1-6H3;;/q-1;;+1. The van der Waals surface area contributed by atoms with Crippen molar-refractivity contribution >= 4 is 67.9 Å². The molecule has 0 bridgehead atoms. The minimum atomic E-state index is -1.11. The molecule has 0 saturated heterocycles. The van der Waals surface area contributed by atoms with Gasteiger partial charge in [-0.3, -0.25) is 0 Å². The van der Waals surface area contributed by atoms with Crippen LogP contribution in [0, 0.1) is 0 Å². The van der Waals surface area contributed by atoms with Crippen LogP contribution in [0.4, 0.5) is 0 Å². The zero-order valence-electron chi connectivity index (χ0n) is 9.45. The minimum Gasteiger partial charge on any atom is -0.668 e. The van der Waals surface area contributed by atoms with Crippen LogP contribution in [-0.2, 0) is 0 Å². The monoisotopic (exact) mass is 222 g/mol. The van der Waals surface area contributed by atoms with E-state index in [4.69, 9.17) is 4.65 Å². The number of hydrogen-bond acceptors (Lipinski definition) is 0. The van der Waals surface area contributed by atoms with Gasteiger partial charge in [0.15, 0.2) is 0 Å². The first-order valence-corrected chi connectivity index (χ1v) is 10.3. The van der Waals surface area contributed by atoms with Crippen molar-refractivity contribution in [3.63, 3.8) is 0 Å². The van der Waals surface area contributed by atoms with E-state index in [0.717, 1.165) is 0 Å². The van der Waals surface area contributed by atoms with Gasteiger partial charge in [-0.2, -0.15) is 0 Å². The van der Waals surface area contributed by atoms with Crippen LogP contribution < -0.4 is 29.6 Å². The predicted octanol–water partition coefficient (Wildman–Crippen LogP) is -0.347. The Morgan fingerprint density at radius 3 is 0.909 bits per heavy atom. The Morgan fingerprint density at radius 2 is 0.909 bits per heavy atom. The summed E-state index contributed by atoms with van der Waals surface area (Å²) < 4.78 is 4.82. The number of nitrogens with zero attached hydrogens (tertiary/aromatic N) is 1. The van der Waals surface area contributed by atoms with Crippen molar-refractivity contribution in [3.05, 3.63) is 4.65 Å². The van der Waals surface area contributed by atoms with Gasteiger partial charge in [0.05, 0.1) is 0 Å². The second-order valence-electron chi connectivity index (χ2n) is 4.45. The first kappa shape index (κ1) is 19.6. The average molecular weight is 222 g/mol. The second kappa shape index (κ2) is 7.34. The molecule has 5 heteroatoms. The predicted molar refractivity (Wildman–Crippen MR) is 55.8 cm³/mol. The average Bonchev–Trinajstić information content (AvgIpc) is 1.14. The summed E-state index contributed by atoms with van der Waals surface area (Å²) in [5.41, 5.74) is 0. The Kier molecular flexibility index (Phi) is 13.1. The molecular formula is C6H18KNNaSi2. The van der Waals surface area contributed by atoms with Gasteiger partial charge in [-0.05, 0) is 0 Å². The molecule has 1 nitrogen and oxygen atoms in total. The molecular weight excluding hydrogens is 204 g/mol. The van der Waals surface area contributed by atoms with E-state index in [0.29, 0.717) is 0 Å². The molecule has 0 N–H and O–H groups in total. The number of rotatable bonds is 2. The molecule has 0 fully saturated rings. The fourth-order valence-corrected chi connectivity index (χ4v) is 9.06. The van der Waals surface area contributed by atoms with E-state index in [9.17, 15) is 0 Å². The van der Waals surface area contributed by atoms with Gasteiger partial charge in [0, 0.05) is 51.4 Å². The van der Waals surface area contributed by atoms with Crippen molar-refractivity contribution in [1.82, 2.24) is 0 Å². The molecule has 0 unspecified atom stereocenters. The van der Waals surface area contributed by atoms with Gasteiger partial charge in [0.1, 0.15) is 0 Å². The molecule has 0 rings (SSSR count). The van der Waals surface area contributed by atoms with Gasteiger partial charge in [-0.15, -0.1) is 0 Å². The van der Waals surface area contributed by atoms with Gasteiger partial charge < -0.3 is 4.65 Å². The van der Waals surface area contributed by atoms with E-state index in [-0.39, 0.29) is 80.9 Å². The van der Waals surface area contributed by atoms with E-state index in [2.05, 4.69) is 39.3 Å². The Balaban J connectivity index is -0.000000320. The topological polar surface area (TPSA) is 14.1 Å². The van der Waals surface area contributed by atoms with Crippen molar-refractivity contribution in [2.45, 2.75) is 39.3 Å². The quantitative estimate of drug-likeness (QED) is 0.567. The maximum atomic E-state index is 4.82. The van der Waals surface area contributed by atoms with Crippen LogP contribution >= 0.6 is 0 Å². The summed E-state index contributed by atoms with van der Waals surface area (Å²) in [5, 5.41) is 0. The van der Waals surface area contributed by atoms with E-state index >= 15 is 0 Å². The van der Waals surface area contributed by atoms with Crippen molar-refractivity contribution in [2.75, 3.05) is 0 Å². The molecule has 0 aromatic rings. The summed E-state index contributed by atoms with van der Waals surface area (Å²) in [5.74, 6) is 0. The smallest absolute Gasteiger partial charge is 0.668 e. The molecule has 0 aliphatic carbocycles. The molecule has 0 aliphatic rings. The fourth-order valence-electron chi connectivity index (χ4n) is 1.01. The summed E-state index contributed by atoms with van der Waals surface area (Å²) in [7, 11) is -2.21. The first-order chi connectivity index (χ1) is 3.71. The summed E-state index contributed by atoms with van der Waals surface area (Å²) >= 11 is 0. The van der Waals surface area contributed by atoms with Gasteiger partial charge in [-0.25, -0.2) is 0 Å². The molecule has 0 spiro atoms. The van der Waals surface area contributed by atoms with E-state index in [1.165, 1.54) is 0 Å². The minimum absolute atomic E-state index is 0. The molecule has 11 heavy (non-hydrogen) atoms. The Bertz CT molecular complexity index is 85.7. The fraction of sp³-hybridized carbons (Fsp3) is 1.00. The first-order valence-electron chi connectivity index (χ1n) is 3.45. The van der Waals surface area contributed by atoms with Crippen LogP contribution in [-0.4, -0.2) is 67.9 Å². The summed E-state index contributed by atoms with van der Waals surface area (Å²) in [6, 6.07) is 0. The second-order valence-corrected chi connectivity index (χ2v) is 14.0. The zero-order chi connectivity index (χ0) is 7.71. The van der Waals surface area contributed by atoms with Gasteiger partial charge >= 0.3 is 29.6 Å². The molecule has 57 valence electrons. The van der Waals surface area contributed by atoms with Crippen LogP contribution in [0.2, 0.25) is 39.3 Å². The van der Waals surface area contributed by atoms with Crippen molar-refractivity contribution < 1.29 is 29.6 Å². The maximum Gasteiger partial charge on any atom is 1.00 e. The third kappa shape index (κ3) is 19.4. The van der Waals surface area contributed by atoms with Crippen LogP contribution in [0.5, 0.6) is 0 Å². The Morgan fingerprint density at radius 1 is 0.727 bits per heavy atom. The van der Waals surface area contributed by atoms with Crippen molar-refractivity contribution in [1.29, 1.82) is 0 Å². The van der Waals surface area contributed by atoms with Gasteiger partial charge in [-0.1, -0.05) is 55.8 Å². The molecule has 0 atom stereocenters.